The molecule has 0 spiro atoms. The van der Waals surface area contributed by atoms with Crippen LogP contribution in [0.2, 0.25) is 5.02 Å². The summed E-state index contributed by atoms with van der Waals surface area (Å²) >= 11 is 20.2. The third kappa shape index (κ3) is 4.21. The van der Waals surface area contributed by atoms with Crippen molar-refractivity contribution in [2.45, 2.75) is 6.54 Å². The van der Waals surface area contributed by atoms with Gasteiger partial charge in [-0.05, 0) is 67.8 Å². The molecule has 0 aliphatic rings. The molecule has 0 unspecified atom stereocenters. The first kappa shape index (κ1) is 15.8. The summed E-state index contributed by atoms with van der Waals surface area (Å²) in [5.74, 6) is 0. The maximum absolute atomic E-state index is 6.18. The Bertz CT molecular complexity index is 593. The fourth-order valence-electron chi connectivity index (χ4n) is 1.57. The van der Waals surface area contributed by atoms with E-state index in [2.05, 4.69) is 69.0 Å². The Labute approximate surface area is 150 Å². The number of halogens is 5. The van der Waals surface area contributed by atoms with Gasteiger partial charge in [0.15, 0.2) is 0 Å². The van der Waals surface area contributed by atoms with Crippen LogP contribution >= 0.6 is 75.3 Å². The molecule has 2 aromatic rings. The second kappa shape index (κ2) is 6.94. The number of hydrogen-bond acceptors (Lipinski definition) is 1. The predicted molar refractivity (Wildman–Crippen MR) is 96.0 cm³/mol. The van der Waals surface area contributed by atoms with Crippen LogP contribution in [0.4, 0.5) is 5.69 Å². The molecular weight excluding hydrogens is 525 g/mol. The highest BCUT2D eigenvalue weighted by Crippen LogP contribution is 2.35. The molecule has 19 heavy (non-hydrogen) atoms. The first-order valence-corrected chi connectivity index (χ1v) is 8.84. The van der Waals surface area contributed by atoms with Gasteiger partial charge in [-0.15, -0.1) is 0 Å². The Morgan fingerprint density at radius 1 is 0.895 bits per heavy atom. The summed E-state index contributed by atoms with van der Waals surface area (Å²) < 4.78 is 4.00. The average molecular weight is 533 g/mol. The lowest BCUT2D eigenvalue weighted by Gasteiger charge is -2.12. The zero-order valence-corrected chi connectivity index (χ0v) is 16.6. The maximum Gasteiger partial charge on any atom is 0.0632 e. The van der Waals surface area contributed by atoms with E-state index < -0.39 is 0 Å². The Morgan fingerprint density at radius 3 is 2.16 bits per heavy atom. The molecule has 2 rings (SSSR count). The second-order valence-electron chi connectivity index (χ2n) is 3.83. The zero-order chi connectivity index (χ0) is 14.0. The second-order valence-corrected chi connectivity index (χ2v) is 7.78. The van der Waals surface area contributed by atoms with Crippen LogP contribution in [0, 0.1) is 0 Å². The fourth-order valence-corrected chi connectivity index (χ4v) is 4.71. The summed E-state index contributed by atoms with van der Waals surface area (Å²) in [7, 11) is 0. The van der Waals surface area contributed by atoms with E-state index in [0.717, 1.165) is 34.2 Å². The Kier molecular flexibility index (Phi) is 5.78. The topological polar surface area (TPSA) is 12.0 Å². The molecule has 0 aliphatic heterocycles. The van der Waals surface area contributed by atoms with Crippen molar-refractivity contribution in [1.29, 1.82) is 0 Å². The van der Waals surface area contributed by atoms with Crippen molar-refractivity contribution < 1.29 is 0 Å². The van der Waals surface area contributed by atoms with E-state index in [1.54, 1.807) is 0 Å². The molecule has 0 aliphatic carbocycles. The fraction of sp³-hybridized carbons (Fsp3) is 0.0769. The van der Waals surface area contributed by atoms with Crippen LogP contribution in [-0.2, 0) is 6.54 Å². The monoisotopic (exact) mass is 529 g/mol. The van der Waals surface area contributed by atoms with Gasteiger partial charge in [0, 0.05) is 29.5 Å². The molecular formula is C13H8Br4ClN. The smallest absolute Gasteiger partial charge is 0.0632 e. The van der Waals surface area contributed by atoms with Crippen molar-refractivity contribution in [1.82, 2.24) is 0 Å². The van der Waals surface area contributed by atoms with Crippen molar-refractivity contribution in [3.8, 4) is 0 Å². The third-order valence-electron chi connectivity index (χ3n) is 2.47. The van der Waals surface area contributed by atoms with Crippen LogP contribution in [0.15, 0.2) is 48.2 Å². The first-order valence-electron chi connectivity index (χ1n) is 5.29. The van der Waals surface area contributed by atoms with E-state index in [1.165, 1.54) is 0 Å². The molecule has 6 heteroatoms. The van der Waals surface area contributed by atoms with Gasteiger partial charge in [-0.25, -0.2) is 0 Å². The van der Waals surface area contributed by atoms with E-state index in [4.69, 9.17) is 11.6 Å². The molecule has 100 valence electrons. The third-order valence-corrected chi connectivity index (χ3v) is 5.04. The highest BCUT2D eigenvalue weighted by Gasteiger charge is 2.08. The SMILES string of the molecule is Clc1ccc(Br)cc1CNc1c(Br)cc(Br)cc1Br. The summed E-state index contributed by atoms with van der Waals surface area (Å²) in [4.78, 5) is 0. The molecule has 0 amide bonds. The lowest BCUT2D eigenvalue weighted by molar-refractivity contribution is 1.14. The number of anilines is 1. The first-order chi connectivity index (χ1) is 8.97. The average Bonchev–Trinajstić information content (AvgIpc) is 2.32. The molecule has 0 atom stereocenters. The van der Waals surface area contributed by atoms with Gasteiger partial charge in [0.05, 0.1) is 5.69 Å². The molecule has 0 bridgehead atoms. The molecule has 0 saturated carbocycles. The number of hydrogen-bond donors (Lipinski definition) is 1. The van der Waals surface area contributed by atoms with Crippen molar-refractivity contribution in [3.63, 3.8) is 0 Å². The van der Waals surface area contributed by atoms with Crippen molar-refractivity contribution in [2.75, 3.05) is 5.32 Å². The number of rotatable bonds is 3. The molecule has 0 fully saturated rings. The van der Waals surface area contributed by atoms with Gasteiger partial charge < -0.3 is 5.32 Å². The summed E-state index contributed by atoms with van der Waals surface area (Å²) in [6, 6.07) is 9.81. The highest BCUT2D eigenvalue weighted by atomic mass is 79.9. The molecule has 0 aromatic heterocycles. The van der Waals surface area contributed by atoms with E-state index >= 15 is 0 Å². The summed E-state index contributed by atoms with van der Waals surface area (Å²) in [6.07, 6.45) is 0. The molecule has 0 saturated heterocycles. The Morgan fingerprint density at radius 2 is 1.53 bits per heavy atom. The van der Waals surface area contributed by atoms with Crippen LogP contribution in [0.5, 0.6) is 0 Å². The predicted octanol–water partition coefficient (Wildman–Crippen LogP) is 7.00. The van der Waals surface area contributed by atoms with E-state index in [1.807, 2.05) is 30.3 Å². The van der Waals surface area contributed by atoms with Gasteiger partial charge in [0.25, 0.3) is 0 Å². The van der Waals surface area contributed by atoms with Gasteiger partial charge >= 0.3 is 0 Å². The Balaban J connectivity index is 2.21. The van der Waals surface area contributed by atoms with Crippen LogP contribution in [0.3, 0.4) is 0 Å². The van der Waals surface area contributed by atoms with Crippen molar-refractivity contribution in [3.05, 3.63) is 58.8 Å². The van der Waals surface area contributed by atoms with Gasteiger partial charge in [-0.3, -0.25) is 0 Å². The lowest BCUT2D eigenvalue weighted by Crippen LogP contribution is -2.01. The van der Waals surface area contributed by atoms with E-state index in [0.29, 0.717) is 6.54 Å². The van der Waals surface area contributed by atoms with Crippen LogP contribution < -0.4 is 5.32 Å². The normalized spacial score (nSPS) is 10.6. The summed E-state index contributed by atoms with van der Waals surface area (Å²) in [6.45, 7) is 0.650. The number of nitrogens with one attached hydrogen (secondary N) is 1. The van der Waals surface area contributed by atoms with Gasteiger partial charge in [-0.1, -0.05) is 43.5 Å². The summed E-state index contributed by atoms with van der Waals surface area (Å²) in [5, 5.41) is 4.12. The minimum Gasteiger partial charge on any atom is -0.379 e. The van der Waals surface area contributed by atoms with Crippen molar-refractivity contribution in [2.24, 2.45) is 0 Å². The van der Waals surface area contributed by atoms with Gasteiger partial charge in [0.2, 0.25) is 0 Å². The van der Waals surface area contributed by atoms with Gasteiger partial charge in [0.1, 0.15) is 0 Å². The lowest BCUT2D eigenvalue weighted by atomic mass is 10.2. The molecule has 0 heterocycles. The zero-order valence-electron chi connectivity index (χ0n) is 9.48. The summed E-state index contributed by atoms with van der Waals surface area (Å²) in [5.41, 5.74) is 2.04. The van der Waals surface area contributed by atoms with Crippen LogP contribution in [0.1, 0.15) is 5.56 Å². The van der Waals surface area contributed by atoms with Crippen LogP contribution in [-0.4, -0.2) is 0 Å². The Hall–Kier alpha value is 0.450. The highest BCUT2D eigenvalue weighted by molar-refractivity contribution is 9.11. The maximum atomic E-state index is 6.18. The minimum atomic E-state index is 0.650. The van der Waals surface area contributed by atoms with E-state index in [9.17, 15) is 0 Å². The minimum absolute atomic E-state index is 0.650. The molecule has 0 radical (unpaired) electrons. The van der Waals surface area contributed by atoms with Crippen molar-refractivity contribution >= 4 is 81.0 Å². The van der Waals surface area contributed by atoms with E-state index in [-0.39, 0.29) is 0 Å². The van der Waals surface area contributed by atoms with Gasteiger partial charge in [-0.2, -0.15) is 0 Å². The van der Waals surface area contributed by atoms with Crippen LogP contribution in [0.25, 0.3) is 0 Å². The molecule has 1 nitrogen and oxygen atoms in total. The largest absolute Gasteiger partial charge is 0.379 e. The number of benzene rings is 2. The molecule has 2 aromatic carbocycles. The molecule has 1 N–H and O–H groups in total. The quantitative estimate of drug-likeness (QED) is 0.448. The standard InChI is InChI=1S/C13H8Br4ClN/c14-8-1-2-12(18)7(3-8)6-19-13-10(16)4-9(15)5-11(13)17/h1-5,19H,6H2.